The van der Waals surface area contributed by atoms with Gasteiger partial charge in [0.15, 0.2) is 11.5 Å². The fourth-order valence-corrected chi connectivity index (χ4v) is 1.35. The quantitative estimate of drug-likeness (QED) is 0.756. The topological polar surface area (TPSA) is 130 Å². The van der Waals surface area contributed by atoms with E-state index in [9.17, 15) is 18.0 Å². The van der Waals surface area contributed by atoms with Crippen LogP contribution in [-0.4, -0.2) is 48.3 Å². The number of carboxylic acids is 2. The van der Waals surface area contributed by atoms with Gasteiger partial charge in [-0.1, -0.05) is 0 Å². The molecule has 0 spiro atoms. The standard InChI is InChI=1S/C11H13N5O2.C2HF3O2/c1-7(2)16-6-8(5-12-16)13-10-4-3-9(11(17)18)14-15-10;3-2(4,5)1(6)7/h3-7H,1-2H3,(H,13,15)(H,17,18);(H,6,7). The zero-order valence-corrected chi connectivity index (χ0v) is 13.0. The molecule has 12 heteroatoms. The molecule has 3 N–H and O–H groups in total. The number of carboxylic acid groups (broad SMARTS) is 2. The Morgan fingerprint density at radius 3 is 2.16 bits per heavy atom. The number of aliphatic carboxylic acids is 1. The number of anilines is 2. The first-order valence-electron chi connectivity index (χ1n) is 6.69. The van der Waals surface area contributed by atoms with E-state index in [2.05, 4.69) is 20.6 Å². The molecule has 2 aromatic rings. The van der Waals surface area contributed by atoms with Crippen LogP contribution in [0.1, 0.15) is 30.4 Å². The normalized spacial score (nSPS) is 10.8. The number of nitrogens with one attached hydrogen (secondary N) is 1. The molecule has 9 nitrogen and oxygen atoms in total. The molecule has 0 aromatic carbocycles. The number of halogens is 3. The van der Waals surface area contributed by atoms with Gasteiger partial charge in [0.2, 0.25) is 0 Å². The first-order valence-corrected chi connectivity index (χ1v) is 6.69. The SMILES string of the molecule is CC(C)n1cc(Nc2ccc(C(=O)O)nn2)cn1.O=C(O)C(F)(F)F. The highest BCUT2D eigenvalue weighted by atomic mass is 19.4. The van der Waals surface area contributed by atoms with Gasteiger partial charge in [0.25, 0.3) is 0 Å². The average molecular weight is 361 g/mol. The fourth-order valence-electron chi connectivity index (χ4n) is 1.35. The summed E-state index contributed by atoms with van der Waals surface area (Å²) in [5, 5.41) is 30.3. The van der Waals surface area contributed by atoms with Crippen LogP contribution in [0.25, 0.3) is 0 Å². The van der Waals surface area contributed by atoms with E-state index in [4.69, 9.17) is 15.0 Å². The predicted octanol–water partition coefficient (Wildman–Crippen LogP) is 2.33. The van der Waals surface area contributed by atoms with Crippen LogP contribution < -0.4 is 5.32 Å². The van der Waals surface area contributed by atoms with Crippen molar-refractivity contribution < 1.29 is 33.0 Å². The van der Waals surface area contributed by atoms with E-state index in [1.165, 1.54) is 6.07 Å². The summed E-state index contributed by atoms with van der Waals surface area (Å²) >= 11 is 0. The third-order valence-electron chi connectivity index (χ3n) is 2.53. The lowest BCUT2D eigenvalue weighted by Gasteiger charge is -2.04. The minimum Gasteiger partial charge on any atom is -0.476 e. The molecular formula is C13H14F3N5O4. The molecule has 0 radical (unpaired) electrons. The van der Waals surface area contributed by atoms with Crippen molar-refractivity contribution in [3.8, 4) is 0 Å². The largest absolute Gasteiger partial charge is 0.490 e. The molecular weight excluding hydrogens is 347 g/mol. The summed E-state index contributed by atoms with van der Waals surface area (Å²) < 4.78 is 33.5. The summed E-state index contributed by atoms with van der Waals surface area (Å²) in [6.45, 7) is 4.05. The zero-order chi connectivity index (χ0) is 19.2. The van der Waals surface area contributed by atoms with Crippen molar-refractivity contribution in [3.63, 3.8) is 0 Å². The molecule has 0 aliphatic carbocycles. The highest BCUT2D eigenvalue weighted by Gasteiger charge is 2.38. The van der Waals surface area contributed by atoms with Crippen LogP contribution in [0.15, 0.2) is 24.5 Å². The van der Waals surface area contributed by atoms with E-state index in [1.807, 2.05) is 20.0 Å². The molecule has 0 amide bonds. The van der Waals surface area contributed by atoms with E-state index in [-0.39, 0.29) is 11.7 Å². The van der Waals surface area contributed by atoms with Crippen molar-refractivity contribution in [2.24, 2.45) is 0 Å². The number of hydrogen-bond acceptors (Lipinski definition) is 6. The molecule has 2 heterocycles. The smallest absolute Gasteiger partial charge is 0.476 e. The number of aromatic nitrogens is 4. The molecule has 2 rings (SSSR count). The minimum absolute atomic E-state index is 0.0848. The third-order valence-corrected chi connectivity index (χ3v) is 2.53. The monoisotopic (exact) mass is 361 g/mol. The Kier molecular flexibility index (Phi) is 6.42. The Labute approximate surface area is 139 Å². The van der Waals surface area contributed by atoms with Gasteiger partial charge in [0.1, 0.15) is 0 Å². The van der Waals surface area contributed by atoms with Crippen molar-refractivity contribution in [1.29, 1.82) is 0 Å². The molecule has 0 saturated heterocycles. The summed E-state index contributed by atoms with van der Waals surface area (Å²) in [7, 11) is 0. The fraction of sp³-hybridized carbons (Fsp3) is 0.308. The Morgan fingerprint density at radius 1 is 1.20 bits per heavy atom. The molecule has 136 valence electrons. The summed E-state index contributed by atoms with van der Waals surface area (Å²) in [5.41, 5.74) is 0.694. The number of hydrogen-bond donors (Lipinski definition) is 3. The average Bonchev–Trinajstić information content (AvgIpc) is 2.96. The van der Waals surface area contributed by atoms with Gasteiger partial charge in [-0.25, -0.2) is 9.59 Å². The molecule has 0 atom stereocenters. The van der Waals surface area contributed by atoms with Crippen molar-refractivity contribution in [2.75, 3.05) is 5.32 Å². The van der Waals surface area contributed by atoms with Crippen LogP contribution in [-0.2, 0) is 4.79 Å². The van der Waals surface area contributed by atoms with Crippen LogP contribution >= 0.6 is 0 Å². The van der Waals surface area contributed by atoms with E-state index < -0.39 is 18.1 Å². The van der Waals surface area contributed by atoms with E-state index >= 15 is 0 Å². The number of alkyl halides is 3. The minimum atomic E-state index is -5.08. The molecule has 0 fully saturated rings. The second-order valence-corrected chi connectivity index (χ2v) is 4.84. The van der Waals surface area contributed by atoms with Gasteiger partial charge >= 0.3 is 18.1 Å². The highest BCUT2D eigenvalue weighted by Crippen LogP contribution is 2.15. The van der Waals surface area contributed by atoms with Gasteiger partial charge in [0, 0.05) is 12.2 Å². The molecule has 0 aliphatic heterocycles. The van der Waals surface area contributed by atoms with Crippen molar-refractivity contribution >= 4 is 23.4 Å². The lowest BCUT2D eigenvalue weighted by atomic mass is 10.4. The molecule has 0 bridgehead atoms. The van der Waals surface area contributed by atoms with Gasteiger partial charge < -0.3 is 15.5 Å². The summed E-state index contributed by atoms with van der Waals surface area (Å²) in [5.74, 6) is -3.38. The van der Waals surface area contributed by atoms with Gasteiger partial charge in [-0.05, 0) is 26.0 Å². The van der Waals surface area contributed by atoms with Gasteiger partial charge in [0.05, 0.1) is 11.9 Å². The molecule has 0 saturated carbocycles. The third kappa shape index (κ3) is 6.45. The Hall–Kier alpha value is -3.18. The van der Waals surface area contributed by atoms with Crippen LogP contribution in [0.3, 0.4) is 0 Å². The Morgan fingerprint density at radius 2 is 1.80 bits per heavy atom. The molecule has 2 aromatic heterocycles. The van der Waals surface area contributed by atoms with Crippen LogP contribution in [0, 0.1) is 0 Å². The molecule has 0 aliphatic rings. The Bertz CT molecular complexity index is 728. The van der Waals surface area contributed by atoms with Crippen molar-refractivity contribution in [3.05, 3.63) is 30.2 Å². The predicted molar refractivity (Wildman–Crippen MR) is 78.6 cm³/mol. The van der Waals surface area contributed by atoms with Crippen molar-refractivity contribution in [1.82, 2.24) is 20.0 Å². The molecule has 0 unspecified atom stereocenters. The van der Waals surface area contributed by atoms with Gasteiger partial charge in [-0.15, -0.1) is 10.2 Å². The zero-order valence-electron chi connectivity index (χ0n) is 13.0. The van der Waals surface area contributed by atoms with E-state index in [1.54, 1.807) is 16.9 Å². The van der Waals surface area contributed by atoms with Gasteiger partial charge in [-0.2, -0.15) is 18.3 Å². The second-order valence-electron chi connectivity index (χ2n) is 4.84. The van der Waals surface area contributed by atoms with Crippen LogP contribution in [0.5, 0.6) is 0 Å². The summed E-state index contributed by atoms with van der Waals surface area (Å²) in [4.78, 5) is 19.5. The number of aromatic carboxylic acids is 1. The van der Waals surface area contributed by atoms with E-state index in [0.29, 0.717) is 5.82 Å². The lowest BCUT2D eigenvalue weighted by molar-refractivity contribution is -0.192. The second kappa shape index (κ2) is 8.08. The maximum absolute atomic E-state index is 10.6. The number of carbonyl (C=O) groups is 2. The number of nitrogens with zero attached hydrogens (tertiary/aromatic N) is 4. The van der Waals surface area contributed by atoms with Gasteiger partial charge in [-0.3, -0.25) is 4.68 Å². The van der Waals surface area contributed by atoms with Crippen LogP contribution in [0.2, 0.25) is 0 Å². The van der Waals surface area contributed by atoms with Crippen LogP contribution in [0.4, 0.5) is 24.7 Å². The lowest BCUT2D eigenvalue weighted by Crippen LogP contribution is -2.21. The molecule has 25 heavy (non-hydrogen) atoms. The summed E-state index contributed by atoms with van der Waals surface area (Å²) in [6, 6.07) is 3.23. The first-order chi connectivity index (χ1) is 11.5. The first kappa shape index (κ1) is 19.9. The van der Waals surface area contributed by atoms with E-state index in [0.717, 1.165) is 5.69 Å². The number of rotatable bonds is 4. The van der Waals surface area contributed by atoms with Crippen molar-refractivity contribution in [2.45, 2.75) is 26.1 Å². The maximum atomic E-state index is 10.6. The maximum Gasteiger partial charge on any atom is 0.490 e. The highest BCUT2D eigenvalue weighted by molar-refractivity contribution is 5.85. The Balaban J connectivity index is 0.000000381. The summed E-state index contributed by atoms with van der Waals surface area (Å²) in [6.07, 6.45) is -1.57.